The van der Waals surface area contributed by atoms with Crippen molar-refractivity contribution in [1.29, 1.82) is 0 Å². The summed E-state index contributed by atoms with van der Waals surface area (Å²) >= 11 is 0.614. The molecule has 6 fully saturated rings. The van der Waals surface area contributed by atoms with Crippen LogP contribution in [0.4, 0.5) is 8.78 Å². The molecule has 66 heavy (non-hydrogen) atoms. The number of carbonyl (C=O) groups excluding carboxylic acids is 4. The second-order valence-electron chi connectivity index (χ2n) is 19.6. The average molecular weight is 931 g/mol. The van der Waals surface area contributed by atoms with Crippen LogP contribution < -0.4 is 0 Å². The number of terminal acetylenes is 2. The molecule has 0 unspecified atom stereocenters. The highest BCUT2D eigenvalue weighted by Gasteiger charge is 2.69. The van der Waals surface area contributed by atoms with Crippen molar-refractivity contribution in [3.8, 4) is 24.7 Å². The van der Waals surface area contributed by atoms with Gasteiger partial charge in [-0.25, -0.2) is 8.78 Å². The van der Waals surface area contributed by atoms with Gasteiger partial charge in [-0.2, -0.15) is 0 Å². The number of ether oxygens (including phenoxy) is 2. The largest absolute Gasteiger partial charge is 0.461 e. The summed E-state index contributed by atoms with van der Waals surface area (Å²) in [5.74, 6) is 1.51. The highest BCUT2D eigenvalue weighted by atomic mass is 32.1. The number of esters is 2. The first kappa shape index (κ1) is 48.1. The highest BCUT2D eigenvalue weighted by Crippen LogP contribution is 2.61. The summed E-state index contributed by atoms with van der Waals surface area (Å²) in [7, 11) is 0. The average Bonchev–Trinajstić information content (AvgIpc) is 4.24. The second kappa shape index (κ2) is 18.6. The molecule has 15 heteroatoms. The lowest BCUT2D eigenvalue weighted by Crippen LogP contribution is -2.75. The van der Waals surface area contributed by atoms with Crippen molar-refractivity contribution in [1.82, 2.24) is 9.80 Å². The van der Waals surface area contributed by atoms with Gasteiger partial charge < -0.3 is 29.9 Å². The SMILES string of the molecule is C#CC1=C(/C=C\COC(=O)Cc2sc(CC(=O)OC/C=C\C(C)=C(/C#C)[C@]34CCN(CC5CC5)[C@H](C)[C@]3(O)CCC(=O)[C@@H]4O)c(F)c2F)C[C@H]2N(CC3CC3)CC[C@@]13[C@@H](O)C(=O)CC[C@@]23O. The molecule has 12 nitrogen and oxygen atoms in total. The van der Waals surface area contributed by atoms with Gasteiger partial charge in [-0.3, -0.25) is 29.0 Å². The van der Waals surface area contributed by atoms with Gasteiger partial charge in [0.15, 0.2) is 23.2 Å². The Kier molecular flexibility index (Phi) is 13.6. The number of rotatable bonds is 15. The normalized spacial score (nSPS) is 34.2. The minimum atomic E-state index is -1.50. The van der Waals surface area contributed by atoms with Gasteiger partial charge in [0.05, 0.1) is 44.6 Å². The Balaban J connectivity index is 0.871. The molecule has 4 N–H and O–H groups in total. The van der Waals surface area contributed by atoms with Crippen LogP contribution >= 0.6 is 11.3 Å². The van der Waals surface area contributed by atoms with E-state index in [-0.39, 0.29) is 78.7 Å². The third kappa shape index (κ3) is 8.27. The number of thiophene rings is 1. The molecule has 1 aromatic rings. The molecule has 2 aliphatic heterocycles. The predicted octanol–water partition coefficient (Wildman–Crippen LogP) is 4.46. The van der Waals surface area contributed by atoms with Gasteiger partial charge in [0, 0.05) is 49.2 Å². The molecule has 2 saturated heterocycles. The van der Waals surface area contributed by atoms with Gasteiger partial charge in [-0.15, -0.1) is 24.2 Å². The number of nitrogens with zero attached hydrogens (tertiary/aromatic N) is 2. The van der Waals surface area contributed by atoms with Crippen molar-refractivity contribution in [3.05, 3.63) is 68.0 Å². The molecule has 8 atom stereocenters. The van der Waals surface area contributed by atoms with E-state index in [0.717, 1.165) is 38.8 Å². The number of Topliss-reactive ketones (excluding diaryl/α,β-unsaturated/α-hetero) is 2. The van der Waals surface area contributed by atoms with E-state index in [4.69, 9.17) is 22.3 Å². The third-order valence-corrected chi connectivity index (χ3v) is 17.1. The number of piperidine rings is 2. The Labute approximate surface area is 388 Å². The van der Waals surface area contributed by atoms with Gasteiger partial charge >= 0.3 is 11.9 Å². The molecule has 1 aromatic heterocycles. The van der Waals surface area contributed by atoms with Crippen LogP contribution in [0.5, 0.6) is 0 Å². The van der Waals surface area contributed by atoms with E-state index in [0.29, 0.717) is 71.4 Å². The van der Waals surface area contributed by atoms with Gasteiger partial charge in [-0.1, -0.05) is 24.0 Å². The Morgan fingerprint density at radius 2 is 1.39 bits per heavy atom. The van der Waals surface area contributed by atoms with Crippen LogP contribution in [0.15, 0.2) is 46.6 Å². The number of fused-ring (bicyclic) bond motifs is 1. The van der Waals surface area contributed by atoms with Crippen LogP contribution in [-0.2, 0) is 41.5 Å². The maximum Gasteiger partial charge on any atom is 0.311 e. The fourth-order valence-electron chi connectivity index (χ4n) is 12.1. The first-order chi connectivity index (χ1) is 31.4. The van der Waals surface area contributed by atoms with Crippen molar-refractivity contribution < 1.29 is 57.9 Å². The van der Waals surface area contributed by atoms with E-state index >= 15 is 8.78 Å². The number of aliphatic hydroxyl groups excluding tert-OH is 2. The zero-order valence-corrected chi connectivity index (χ0v) is 38.5. The third-order valence-electron chi connectivity index (χ3n) is 16.0. The van der Waals surface area contributed by atoms with Gasteiger partial charge in [0.2, 0.25) is 0 Å². The molecule has 7 aliphatic rings. The lowest BCUT2D eigenvalue weighted by molar-refractivity contribution is -0.217. The van der Waals surface area contributed by atoms with Gasteiger partial charge in [0.1, 0.15) is 25.4 Å². The number of ketones is 2. The van der Waals surface area contributed by atoms with Crippen LogP contribution in [0.3, 0.4) is 0 Å². The molecular formula is C51H60F2N2O10S. The number of carbonyl (C=O) groups is 4. The molecular weight excluding hydrogens is 871 g/mol. The number of aliphatic hydroxyl groups is 4. The Bertz CT molecular complexity index is 2370. The van der Waals surface area contributed by atoms with Crippen LogP contribution in [0, 0.1) is 59.0 Å². The maximum absolute atomic E-state index is 15.0. The van der Waals surface area contributed by atoms with Crippen molar-refractivity contribution >= 4 is 34.8 Å². The van der Waals surface area contributed by atoms with E-state index in [1.165, 1.54) is 6.08 Å². The van der Waals surface area contributed by atoms with Gasteiger partial charge in [-0.05, 0) is 120 Å². The van der Waals surface area contributed by atoms with Crippen molar-refractivity contribution in [2.45, 2.75) is 133 Å². The Morgan fingerprint density at radius 1 is 0.833 bits per heavy atom. The van der Waals surface area contributed by atoms with E-state index < -0.39 is 70.7 Å². The number of hydrogen-bond acceptors (Lipinski definition) is 13. The molecule has 0 radical (unpaired) electrons. The number of halogens is 2. The van der Waals surface area contributed by atoms with Crippen molar-refractivity contribution in [2.24, 2.45) is 22.7 Å². The van der Waals surface area contributed by atoms with Crippen LogP contribution in [0.1, 0.15) is 94.2 Å². The Morgan fingerprint density at radius 3 is 1.98 bits per heavy atom. The molecule has 5 aliphatic carbocycles. The fraction of sp³-hybridized carbons (Fsp3) is 0.608. The zero-order chi connectivity index (χ0) is 47.3. The summed E-state index contributed by atoms with van der Waals surface area (Å²) in [6.45, 7) is 5.89. The fourth-order valence-corrected chi connectivity index (χ4v) is 13.2. The van der Waals surface area contributed by atoms with Crippen molar-refractivity contribution in [2.75, 3.05) is 39.4 Å². The van der Waals surface area contributed by atoms with Crippen molar-refractivity contribution in [3.63, 3.8) is 0 Å². The first-order valence-corrected chi connectivity index (χ1v) is 24.1. The molecule has 8 rings (SSSR count). The molecule has 2 bridgehead atoms. The van der Waals surface area contributed by atoms with E-state index in [9.17, 15) is 39.6 Å². The summed E-state index contributed by atoms with van der Waals surface area (Å²) in [5.41, 5.74) is -3.77. The predicted molar refractivity (Wildman–Crippen MR) is 240 cm³/mol. The van der Waals surface area contributed by atoms with E-state index in [1.807, 2.05) is 6.92 Å². The summed E-state index contributed by atoms with van der Waals surface area (Å²) in [6.07, 6.45) is 20.2. The van der Waals surface area contributed by atoms with Crippen LogP contribution in [-0.4, -0.2) is 129 Å². The first-order valence-electron chi connectivity index (χ1n) is 23.3. The minimum Gasteiger partial charge on any atom is -0.461 e. The lowest BCUT2D eigenvalue weighted by atomic mass is 9.48. The summed E-state index contributed by atoms with van der Waals surface area (Å²) in [4.78, 5) is 55.5. The standard InChI is InChI=1S/C51H60F2N2O10S/c1-5-35(48-19-21-54(28-32-11-12-32)31(4)50(48,62)17-15-37(56)46(48)60)30(3)9-7-23-64-42(58)26-39-44(52)45(53)40(66-39)27-43(59)65-24-8-10-34-25-41-51(63)18-16-38(57)47(61)49(51,36(34)6-2)20-22-55(41)29-33-13-14-33/h1-2,7-10,31-33,41,46-47,60-63H,11-29H2,3-4H3/b9-7-,10-8-,35-30+/t31-,41-,46+,47+,48+,49+,50-,51-/m1/s1. The molecule has 0 aromatic carbocycles. The summed E-state index contributed by atoms with van der Waals surface area (Å²) < 4.78 is 40.7. The molecule has 0 amide bonds. The Hall–Kier alpha value is -4.32. The molecule has 0 spiro atoms. The molecule has 3 heterocycles. The quantitative estimate of drug-likeness (QED) is 0.111. The zero-order valence-electron chi connectivity index (χ0n) is 37.7. The summed E-state index contributed by atoms with van der Waals surface area (Å²) in [5, 5.41) is 47.4. The van der Waals surface area contributed by atoms with Crippen LogP contribution in [0.25, 0.3) is 0 Å². The number of allylic oxidation sites excluding steroid dienone is 3. The minimum absolute atomic E-state index is 0.0305. The van der Waals surface area contributed by atoms with E-state index in [2.05, 4.69) is 21.6 Å². The monoisotopic (exact) mass is 930 g/mol. The maximum atomic E-state index is 15.0. The smallest absolute Gasteiger partial charge is 0.311 e. The highest BCUT2D eigenvalue weighted by molar-refractivity contribution is 7.12. The van der Waals surface area contributed by atoms with Gasteiger partial charge in [0.25, 0.3) is 0 Å². The number of hydrogen-bond donors (Lipinski definition) is 4. The van der Waals surface area contributed by atoms with Crippen LogP contribution in [0.2, 0.25) is 0 Å². The second-order valence-corrected chi connectivity index (χ2v) is 20.8. The molecule has 4 saturated carbocycles. The lowest BCUT2D eigenvalue weighted by Gasteiger charge is -2.64. The topological polar surface area (TPSA) is 174 Å². The van der Waals surface area contributed by atoms with E-state index in [1.54, 1.807) is 25.2 Å². The molecule has 354 valence electrons. The summed E-state index contributed by atoms with van der Waals surface area (Å²) in [6, 6.07) is -0.735. The number of likely N-dealkylation sites (tertiary alicyclic amines) is 2.